The van der Waals surface area contributed by atoms with Crippen molar-refractivity contribution in [3.8, 4) is 0 Å². The molecule has 0 unspecified atom stereocenters. The van der Waals surface area contributed by atoms with E-state index >= 15 is 0 Å². The predicted octanol–water partition coefficient (Wildman–Crippen LogP) is 1.28. The van der Waals surface area contributed by atoms with Gasteiger partial charge in [0.2, 0.25) is 0 Å². The van der Waals surface area contributed by atoms with Gasteiger partial charge in [-0.1, -0.05) is 4.98 Å². The summed E-state index contributed by atoms with van der Waals surface area (Å²) in [5.41, 5.74) is 0.379. The third-order valence-corrected chi connectivity index (χ3v) is 2.40. The normalized spacial score (nSPS) is 11.5. The van der Waals surface area contributed by atoms with Gasteiger partial charge in [-0.15, -0.1) is 0 Å². The molecular formula is C10H8N6O5. The SMILES string of the molecule is Cn1c(/C=N/N=C/c2ccc([N+](=O)[O-])o2)cnc1[N+](=O)[O-]. The van der Waals surface area contributed by atoms with Gasteiger partial charge < -0.3 is 14.5 Å². The number of hydrogen-bond donors (Lipinski definition) is 0. The van der Waals surface area contributed by atoms with E-state index in [4.69, 9.17) is 4.42 Å². The Balaban J connectivity index is 2.06. The van der Waals surface area contributed by atoms with Gasteiger partial charge in [-0.2, -0.15) is 10.2 Å². The molecule has 2 aromatic heterocycles. The Morgan fingerprint density at radius 2 is 1.95 bits per heavy atom. The van der Waals surface area contributed by atoms with Gasteiger partial charge >= 0.3 is 11.8 Å². The van der Waals surface area contributed by atoms with Crippen LogP contribution in [-0.4, -0.2) is 31.8 Å². The smallest absolute Gasteiger partial charge is 0.400 e. The summed E-state index contributed by atoms with van der Waals surface area (Å²) in [5, 5.41) is 28.3. The van der Waals surface area contributed by atoms with E-state index in [9.17, 15) is 20.2 Å². The number of imidazole rings is 1. The van der Waals surface area contributed by atoms with Gasteiger partial charge in [0.1, 0.15) is 11.1 Å². The number of nitrogens with zero attached hydrogens (tertiary/aromatic N) is 6. The average molecular weight is 292 g/mol. The summed E-state index contributed by atoms with van der Waals surface area (Å²) in [6.07, 6.45) is 3.71. The molecule has 108 valence electrons. The molecule has 0 saturated heterocycles. The summed E-state index contributed by atoms with van der Waals surface area (Å²) < 4.78 is 6.06. The Labute approximate surface area is 116 Å². The highest BCUT2D eigenvalue weighted by Gasteiger charge is 2.15. The third kappa shape index (κ3) is 3.15. The van der Waals surface area contributed by atoms with Crippen LogP contribution in [0, 0.1) is 20.2 Å². The van der Waals surface area contributed by atoms with Crippen molar-refractivity contribution in [3.63, 3.8) is 0 Å². The minimum atomic E-state index is -0.671. The highest BCUT2D eigenvalue weighted by atomic mass is 16.6. The van der Waals surface area contributed by atoms with Gasteiger partial charge in [-0.05, 0) is 11.0 Å². The monoisotopic (exact) mass is 292 g/mol. The average Bonchev–Trinajstić information content (AvgIpc) is 3.02. The van der Waals surface area contributed by atoms with Crippen molar-refractivity contribution in [1.82, 2.24) is 9.55 Å². The second-order valence-electron chi connectivity index (χ2n) is 3.72. The predicted molar refractivity (Wildman–Crippen MR) is 70.4 cm³/mol. The Bertz CT molecular complexity index is 743. The van der Waals surface area contributed by atoms with Crippen LogP contribution in [-0.2, 0) is 7.05 Å². The van der Waals surface area contributed by atoms with Crippen molar-refractivity contribution in [3.05, 3.63) is 50.0 Å². The lowest BCUT2D eigenvalue weighted by Gasteiger charge is -1.93. The van der Waals surface area contributed by atoms with Crippen LogP contribution in [0.3, 0.4) is 0 Å². The Morgan fingerprint density at radius 1 is 1.24 bits per heavy atom. The summed E-state index contributed by atoms with van der Waals surface area (Å²) in [6, 6.07) is 2.56. The van der Waals surface area contributed by atoms with Gasteiger partial charge in [0.05, 0.1) is 25.5 Å². The van der Waals surface area contributed by atoms with E-state index in [1.807, 2.05) is 0 Å². The standard InChI is InChI=1S/C10H8N6O5/c1-14-7(4-11-10(14)16(19)20)5-12-13-6-8-2-3-9(21-8)15(17)18/h2-6H,1H3/b12-5+,13-6+. The zero-order valence-electron chi connectivity index (χ0n) is 10.6. The van der Waals surface area contributed by atoms with Crippen LogP contribution in [0.5, 0.6) is 0 Å². The minimum absolute atomic E-state index is 0.162. The highest BCUT2D eigenvalue weighted by molar-refractivity contribution is 5.80. The molecule has 21 heavy (non-hydrogen) atoms. The molecule has 2 heterocycles. The summed E-state index contributed by atoms with van der Waals surface area (Å²) in [7, 11) is 1.46. The summed E-state index contributed by atoms with van der Waals surface area (Å²) in [5.74, 6) is -0.556. The van der Waals surface area contributed by atoms with Crippen molar-refractivity contribution in [2.45, 2.75) is 0 Å². The fourth-order valence-corrected chi connectivity index (χ4v) is 1.39. The van der Waals surface area contributed by atoms with Crippen LogP contribution in [0.15, 0.2) is 32.9 Å². The van der Waals surface area contributed by atoms with Crippen LogP contribution >= 0.6 is 0 Å². The van der Waals surface area contributed by atoms with Crippen molar-refractivity contribution in [2.75, 3.05) is 0 Å². The molecule has 0 bridgehead atoms. The second-order valence-corrected chi connectivity index (χ2v) is 3.72. The number of furan rings is 1. The molecular weight excluding hydrogens is 284 g/mol. The first-order valence-electron chi connectivity index (χ1n) is 5.46. The molecule has 0 N–H and O–H groups in total. The number of rotatable bonds is 5. The molecule has 0 aliphatic rings. The van der Waals surface area contributed by atoms with Gasteiger partial charge in [-0.25, -0.2) is 4.57 Å². The fraction of sp³-hybridized carbons (Fsp3) is 0.100. The van der Waals surface area contributed by atoms with Crippen molar-refractivity contribution >= 4 is 24.3 Å². The number of hydrogen-bond acceptors (Lipinski definition) is 8. The van der Waals surface area contributed by atoms with E-state index in [1.165, 1.54) is 42.4 Å². The van der Waals surface area contributed by atoms with E-state index in [0.29, 0.717) is 5.69 Å². The van der Waals surface area contributed by atoms with Gasteiger partial charge in [-0.3, -0.25) is 10.1 Å². The molecule has 0 fully saturated rings. The summed E-state index contributed by atoms with van der Waals surface area (Å²) in [4.78, 5) is 23.3. The summed E-state index contributed by atoms with van der Waals surface area (Å²) in [6.45, 7) is 0. The number of nitro groups is 2. The maximum absolute atomic E-state index is 10.6. The Kier molecular flexibility index (Phi) is 3.83. The van der Waals surface area contributed by atoms with Crippen LogP contribution in [0.1, 0.15) is 11.5 Å². The molecule has 0 saturated carbocycles. The van der Waals surface area contributed by atoms with E-state index in [0.717, 1.165) is 0 Å². The topological polar surface area (TPSA) is 142 Å². The molecule has 0 radical (unpaired) electrons. The van der Waals surface area contributed by atoms with Crippen molar-refractivity contribution < 1.29 is 14.3 Å². The van der Waals surface area contributed by atoms with Gasteiger partial charge in [0, 0.05) is 0 Å². The Hall–Kier alpha value is -3.37. The molecule has 0 spiro atoms. The zero-order valence-corrected chi connectivity index (χ0v) is 10.6. The molecule has 2 aromatic rings. The molecule has 0 amide bonds. The summed E-state index contributed by atoms with van der Waals surface area (Å²) >= 11 is 0. The lowest BCUT2D eigenvalue weighted by atomic mass is 10.5. The molecule has 2 rings (SSSR count). The quantitative estimate of drug-likeness (QED) is 0.461. The molecule has 0 aromatic carbocycles. The zero-order chi connectivity index (χ0) is 15.4. The molecule has 11 heteroatoms. The second kappa shape index (κ2) is 5.73. The molecule has 11 nitrogen and oxygen atoms in total. The lowest BCUT2D eigenvalue weighted by molar-refractivity contribution is -0.402. The number of aromatic nitrogens is 2. The van der Waals surface area contributed by atoms with Crippen molar-refractivity contribution in [1.29, 1.82) is 0 Å². The van der Waals surface area contributed by atoms with Crippen LogP contribution in [0.2, 0.25) is 0 Å². The maximum Gasteiger partial charge on any atom is 0.434 e. The third-order valence-electron chi connectivity index (χ3n) is 2.40. The maximum atomic E-state index is 10.6. The molecule has 0 aliphatic heterocycles. The fourth-order valence-electron chi connectivity index (χ4n) is 1.39. The van der Waals surface area contributed by atoms with E-state index in [2.05, 4.69) is 15.2 Å². The van der Waals surface area contributed by atoms with E-state index < -0.39 is 15.7 Å². The molecule has 0 aliphatic carbocycles. The highest BCUT2D eigenvalue weighted by Crippen LogP contribution is 2.13. The van der Waals surface area contributed by atoms with Crippen LogP contribution < -0.4 is 0 Å². The molecule has 0 atom stereocenters. The van der Waals surface area contributed by atoms with Crippen molar-refractivity contribution in [2.24, 2.45) is 17.3 Å². The minimum Gasteiger partial charge on any atom is -0.400 e. The van der Waals surface area contributed by atoms with Crippen LogP contribution in [0.4, 0.5) is 11.8 Å². The largest absolute Gasteiger partial charge is 0.434 e. The van der Waals surface area contributed by atoms with Gasteiger partial charge in [0.25, 0.3) is 0 Å². The lowest BCUT2D eigenvalue weighted by Crippen LogP contribution is -2.01. The van der Waals surface area contributed by atoms with E-state index in [-0.39, 0.29) is 11.7 Å². The van der Waals surface area contributed by atoms with Gasteiger partial charge in [0.15, 0.2) is 11.5 Å². The first-order valence-corrected chi connectivity index (χ1v) is 5.46. The Morgan fingerprint density at radius 3 is 2.52 bits per heavy atom. The van der Waals surface area contributed by atoms with Crippen LogP contribution in [0.25, 0.3) is 0 Å². The first-order chi connectivity index (χ1) is 9.99. The van der Waals surface area contributed by atoms with E-state index in [1.54, 1.807) is 0 Å². The first kappa shape index (κ1) is 14.0.